The number of aromatic hydroxyl groups is 1. The van der Waals surface area contributed by atoms with Crippen molar-refractivity contribution in [2.24, 2.45) is 5.92 Å². The molecule has 1 aliphatic heterocycles. The first-order valence-electron chi connectivity index (χ1n) is 11.4. The maximum absolute atomic E-state index is 11.9. The maximum atomic E-state index is 11.9. The Morgan fingerprint density at radius 2 is 1.84 bits per heavy atom. The normalized spacial score (nSPS) is 26.7. The Labute approximate surface area is 190 Å². The van der Waals surface area contributed by atoms with Crippen LogP contribution in [0.1, 0.15) is 43.6 Å². The predicted molar refractivity (Wildman–Crippen MR) is 125 cm³/mol. The summed E-state index contributed by atoms with van der Waals surface area (Å²) in [7, 11) is -3.29. The number of rotatable bonds is 7. The molecule has 2 heterocycles. The zero-order valence-corrected chi connectivity index (χ0v) is 19.4. The number of hydrogen-bond acceptors (Lipinski definition) is 6. The molecule has 1 saturated carbocycles. The van der Waals surface area contributed by atoms with E-state index in [1.165, 1.54) is 6.26 Å². The summed E-state index contributed by atoms with van der Waals surface area (Å²) in [6, 6.07) is 13.3. The molecular weight excluding hydrogens is 426 g/mol. The summed E-state index contributed by atoms with van der Waals surface area (Å²) in [5.41, 5.74) is 1.03. The molecule has 174 valence electrons. The highest BCUT2D eigenvalue weighted by molar-refractivity contribution is 7.88. The lowest BCUT2D eigenvalue weighted by Gasteiger charge is -2.40. The number of sulfonamides is 1. The minimum absolute atomic E-state index is 0.0522. The first-order valence-corrected chi connectivity index (χ1v) is 13.3. The standard InChI is InChI=1S/C24H33N3O4S/c1-32(29,30)26-22-13-15-27(24-8-4-5-14-25-24)16-19(22)17-31-20-11-9-18(10-12-20)21-6-2-3-7-23(21)28/h2-8,14,18-20,22,26,28H,9-13,15-17H2,1H3/t18?,19-,20?,22?/m0/s1. The molecule has 2 atom stereocenters. The van der Waals surface area contributed by atoms with E-state index in [4.69, 9.17) is 4.74 Å². The van der Waals surface area contributed by atoms with Crippen LogP contribution in [0, 0.1) is 5.92 Å². The topological polar surface area (TPSA) is 91.8 Å². The van der Waals surface area contributed by atoms with E-state index in [0.717, 1.165) is 50.0 Å². The number of aromatic nitrogens is 1. The fraction of sp³-hybridized carbons (Fsp3) is 0.542. The molecule has 1 aromatic heterocycles. The lowest BCUT2D eigenvalue weighted by Crippen LogP contribution is -2.52. The average Bonchev–Trinajstić information content (AvgIpc) is 2.79. The summed E-state index contributed by atoms with van der Waals surface area (Å²) >= 11 is 0. The van der Waals surface area contributed by atoms with Crippen molar-refractivity contribution in [1.29, 1.82) is 0 Å². The molecule has 1 unspecified atom stereocenters. The number of ether oxygens (including phenoxy) is 1. The zero-order valence-electron chi connectivity index (χ0n) is 18.6. The van der Waals surface area contributed by atoms with E-state index in [-0.39, 0.29) is 18.1 Å². The van der Waals surface area contributed by atoms with Gasteiger partial charge in [0.2, 0.25) is 10.0 Å². The van der Waals surface area contributed by atoms with E-state index in [9.17, 15) is 13.5 Å². The second-order valence-corrected chi connectivity index (χ2v) is 10.8. The van der Waals surface area contributed by atoms with Crippen molar-refractivity contribution in [3.63, 3.8) is 0 Å². The van der Waals surface area contributed by atoms with Crippen LogP contribution < -0.4 is 9.62 Å². The summed E-state index contributed by atoms with van der Waals surface area (Å²) in [4.78, 5) is 6.67. The Kier molecular flexibility index (Phi) is 7.33. The number of phenols is 1. The number of nitrogens with zero attached hydrogens (tertiary/aromatic N) is 2. The van der Waals surface area contributed by atoms with Crippen LogP contribution in [-0.2, 0) is 14.8 Å². The second-order valence-electron chi connectivity index (χ2n) is 9.04. The molecule has 2 aromatic rings. The van der Waals surface area contributed by atoms with Crippen molar-refractivity contribution in [3.8, 4) is 5.75 Å². The lowest BCUT2D eigenvalue weighted by atomic mass is 9.82. The van der Waals surface area contributed by atoms with Crippen LogP contribution in [0.4, 0.5) is 5.82 Å². The number of hydrogen-bond donors (Lipinski definition) is 2. The van der Waals surface area contributed by atoms with Gasteiger partial charge in [-0.25, -0.2) is 18.1 Å². The SMILES string of the molecule is CS(=O)(=O)NC1CCN(c2ccccn2)C[C@H]1COC1CCC(c2ccccc2O)CC1. The third-order valence-electron chi connectivity index (χ3n) is 6.67. The minimum atomic E-state index is -3.29. The Bertz CT molecular complexity index is 978. The molecule has 4 rings (SSSR count). The van der Waals surface area contributed by atoms with Crippen molar-refractivity contribution < 1.29 is 18.3 Å². The van der Waals surface area contributed by atoms with Crippen molar-refractivity contribution in [2.45, 2.75) is 50.2 Å². The van der Waals surface area contributed by atoms with Crippen LogP contribution in [-0.4, -0.2) is 56.6 Å². The van der Waals surface area contributed by atoms with Gasteiger partial charge in [0, 0.05) is 31.2 Å². The summed E-state index contributed by atoms with van der Waals surface area (Å²) in [5, 5.41) is 10.1. The molecule has 0 bridgehead atoms. The van der Waals surface area contributed by atoms with E-state index < -0.39 is 10.0 Å². The minimum Gasteiger partial charge on any atom is -0.508 e. The van der Waals surface area contributed by atoms with Crippen molar-refractivity contribution in [3.05, 3.63) is 54.2 Å². The van der Waals surface area contributed by atoms with Crippen LogP contribution in [0.15, 0.2) is 48.7 Å². The average molecular weight is 460 g/mol. The van der Waals surface area contributed by atoms with Gasteiger partial charge in [-0.05, 0) is 61.8 Å². The Morgan fingerprint density at radius 1 is 1.09 bits per heavy atom. The molecule has 1 saturated heterocycles. The fourth-order valence-electron chi connectivity index (χ4n) is 5.01. The van der Waals surface area contributed by atoms with Crippen molar-refractivity contribution in [2.75, 3.05) is 30.9 Å². The molecule has 32 heavy (non-hydrogen) atoms. The summed E-state index contributed by atoms with van der Waals surface area (Å²) in [6.07, 6.45) is 7.75. The van der Waals surface area contributed by atoms with Crippen LogP contribution >= 0.6 is 0 Å². The summed E-state index contributed by atoms with van der Waals surface area (Å²) in [5.74, 6) is 1.71. The molecule has 1 aromatic carbocycles. The van der Waals surface area contributed by atoms with Gasteiger partial charge in [-0.3, -0.25) is 0 Å². The van der Waals surface area contributed by atoms with Crippen molar-refractivity contribution >= 4 is 15.8 Å². The molecule has 2 N–H and O–H groups in total. The number of nitrogens with one attached hydrogen (secondary N) is 1. The smallest absolute Gasteiger partial charge is 0.208 e. The number of benzene rings is 1. The highest BCUT2D eigenvalue weighted by atomic mass is 32.2. The fourth-order valence-corrected chi connectivity index (χ4v) is 5.87. The van der Waals surface area contributed by atoms with E-state index in [2.05, 4.69) is 14.6 Å². The first kappa shape index (κ1) is 23.0. The molecule has 1 aliphatic carbocycles. The van der Waals surface area contributed by atoms with Gasteiger partial charge in [-0.15, -0.1) is 0 Å². The summed E-state index contributed by atoms with van der Waals surface area (Å²) < 4.78 is 32.9. The second kappa shape index (κ2) is 10.2. The third kappa shape index (κ3) is 5.99. The van der Waals surface area contributed by atoms with E-state index in [1.807, 2.05) is 36.4 Å². The van der Waals surface area contributed by atoms with Crippen LogP contribution in [0.5, 0.6) is 5.75 Å². The van der Waals surface area contributed by atoms with Crippen LogP contribution in [0.2, 0.25) is 0 Å². The molecule has 0 spiro atoms. The monoisotopic (exact) mass is 459 g/mol. The maximum Gasteiger partial charge on any atom is 0.208 e. The first-order chi connectivity index (χ1) is 15.4. The van der Waals surface area contributed by atoms with Gasteiger partial charge in [0.05, 0.1) is 19.0 Å². The number of phenolic OH excluding ortho intramolecular Hbond substituents is 1. The largest absolute Gasteiger partial charge is 0.508 e. The Balaban J connectivity index is 1.35. The lowest BCUT2D eigenvalue weighted by molar-refractivity contribution is -0.00223. The molecular formula is C24H33N3O4S. The molecule has 0 radical (unpaired) electrons. The molecule has 7 nitrogen and oxygen atoms in total. The molecule has 2 fully saturated rings. The molecule has 8 heteroatoms. The Hall–Kier alpha value is -2.16. The van der Waals surface area contributed by atoms with E-state index >= 15 is 0 Å². The van der Waals surface area contributed by atoms with Gasteiger partial charge >= 0.3 is 0 Å². The van der Waals surface area contributed by atoms with Gasteiger partial charge in [-0.2, -0.15) is 0 Å². The van der Waals surface area contributed by atoms with Gasteiger partial charge in [0.25, 0.3) is 0 Å². The van der Waals surface area contributed by atoms with Gasteiger partial charge < -0.3 is 14.7 Å². The number of piperidine rings is 1. The zero-order chi connectivity index (χ0) is 22.6. The van der Waals surface area contributed by atoms with E-state index in [0.29, 0.717) is 24.8 Å². The molecule has 2 aliphatic rings. The summed E-state index contributed by atoms with van der Waals surface area (Å²) in [6.45, 7) is 1.98. The van der Waals surface area contributed by atoms with Gasteiger partial charge in [-0.1, -0.05) is 24.3 Å². The van der Waals surface area contributed by atoms with E-state index in [1.54, 1.807) is 12.3 Å². The van der Waals surface area contributed by atoms with Crippen LogP contribution in [0.3, 0.4) is 0 Å². The van der Waals surface area contributed by atoms with Crippen LogP contribution in [0.25, 0.3) is 0 Å². The number of para-hydroxylation sites is 1. The number of anilines is 1. The Morgan fingerprint density at radius 3 is 2.53 bits per heavy atom. The number of pyridine rings is 1. The predicted octanol–water partition coefficient (Wildman–Crippen LogP) is 3.27. The highest BCUT2D eigenvalue weighted by Gasteiger charge is 2.33. The van der Waals surface area contributed by atoms with Gasteiger partial charge in [0.1, 0.15) is 11.6 Å². The third-order valence-corrected chi connectivity index (χ3v) is 7.40. The van der Waals surface area contributed by atoms with Gasteiger partial charge in [0.15, 0.2) is 0 Å². The molecule has 0 amide bonds. The van der Waals surface area contributed by atoms with Crippen molar-refractivity contribution in [1.82, 2.24) is 9.71 Å². The quantitative estimate of drug-likeness (QED) is 0.660. The highest BCUT2D eigenvalue weighted by Crippen LogP contribution is 2.38.